The third-order valence-electron chi connectivity index (χ3n) is 4.44. The average Bonchev–Trinajstić information content (AvgIpc) is 3.15. The van der Waals surface area contributed by atoms with Crippen LogP contribution in [0.25, 0.3) is 0 Å². The molecule has 0 aliphatic rings. The Morgan fingerprint density at radius 1 is 1.10 bits per heavy atom. The SMILES string of the molecule is CCn1c(Cc2ccccc2)nnc1SCCCOc1c(C=O)cccc1OC. The fourth-order valence-electron chi connectivity index (χ4n) is 2.99. The molecule has 0 aliphatic heterocycles. The summed E-state index contributed by atoms with van der Waals surface area (Å²) in [6.45, 7) is 3.43. The van der Waals surface area contributed by atoms with E-state index in [9.17, 15) is 4.79 Å². The van der Waals surface area contributed by atoms with Gasteiger partial charge in [-0.3, -0.25) is 4.79 Å². The summed E-state index contributed by atoms with van der Waals surface area (Å²) in [5.41, 5.74) is 1.72. The number of ether oxygens (including phenoxy) is 2. The van der Waals surface area contributed by atoms with Gasteiger partial charge >= 0.3 is 0 Å². The first-order valence-electron chi connectivity index (χ1n) is 9.60. The second-order valence-electron chi connectivity index (χ2n) is 6.35. The van der Waals surface area contributed by atoms with Crippen molar-refractivity contribution in [3.63, 3.8) is 0 Å². The molecular formula is C22H25N3O3S. The first-order valence-corrected chi connectivity index (χ1v) is 10.6. The molecule has 6 nitrogen and oxygen atoms in total. The minimum absolute atomic E-state index is 0.491. The van der Waals surface area contributed by atoms with E-state index in [0.29, 0.717) is 23.7 Å². The first-order chi connectivity index (χ1) is 14.3. The summed E-state index contributed by atoms with van der Waals surface area (Å²) in [4.78, 5) is 11.2. The van der Waals surface area contributed by atoms with E-state index in [1.54, 1.807) is 37.1 Å². The van der Waals surface area contributed by atoms with Crippen LogP contribution in [0.15, 0.2) is 53.7 Å². The lowest BCUT2D eigenvalue weighted by Crippen LogP contribution is -2.05. The van der Waals surface area contributed by atoms with Crippen LogP contribution in [0.3, 0.4) is 0 Å². The summed E-state index contributed by atoms with van der Waals surface area (Å²) in [6.07, 6.45) is 2.36. The number of hydrogen-bond donors (Lipinski definition) is 0. The van der Waals surface area contributed by atoms with Gasteiger partial charge in [-0.25, -0.2) is 0 Å². The Morgan fingerprint density at radius 3 is 2.66 bits per heavy atom. The standard InChI is InChI=1S/C22H25N3O3S/c1-3-25-20(15-17-9-5-4-6-10-17)23-24-22(25)29-14-8-13-28-21-18(16-26)11-7-12-19(21)27-2/h4-7,9-12,16H,3,8,13-15H2,1-2H3. The number of hydrogen-bond acceptors (Lipinski definition) is 6. The summed E-state index contributed by atoms with van der Waals surface area (Å²) in [7, 11) is 1.57. The van der Waals surface area contributed by atoms with E-state index in [1.165, 1.54) is 5.56 Å². The predicted molar refractivity (Wildman–Crippen MR) is 114 cm³/mol. The zero-order valence-corrected chi connectivity index (χ0v) is 17.5. The lowest BCUT2D eigenvalue weighted by atomic mass is 10.1. The molecular weight excluding hydrogens is 386 g/mol. The second kappa shape index (κ2) is 10.7. The largest absolute Gasteiger partial charge is 0.493 e. The Bertz CT molecular complexity index is 928. The number of rotatable bonds is 11. The molecule has 3 rings (SSSR count). The van der Waals surface area contributed by atoms with Crippen LogP contribution in [-0.2, 0) is 13.0 Å². The molecule has 152 valence electrons. The van der Waals surface area contributed by atoms with Gasteiger partial charge in [0.15, 0.2) is 22.9 Å². The van der Waals surface area contributed by atoms with Crippen LogP contribution in [0.5, 0.6) is 11.5 Å². The van der Waals surface area contributed by atoms with Crippen LogP contribution in [0.2, 0.25) is 0 Å². The van der Waals surface area contributed by atoms with Crippen molar-refractivity contribution in [2.24, 2.45) is 0 Å². The number of aromatic nitrogens is 3. The normalized spacial score (nSPS) is 10.7. The highest BCUT2D eigenvalue weighted by atomic mass is 32.2. The molecule has 2 aromatic carbocycles. The van der Waals surface area contributed by atoms with Gasteiger partial charge in [-0.15, -0.1) is 10.2 Å². The van der Waals surface area contributed by atoms with Crippen LogP contribution in [0, 0.1) is 0 Å². The molecule has 3 aromatic rings. The molecule has 0 radical (unpaired) electrons. The van der Waals surface area contributed by atoms with E-state index < -0.39 is 0 Å². The predicted octanol–water partition coefficient (Wildman–Crippen LogP) is 4.27. The lowest BCUT2D eigenvalue weighted by molar-refractivity contribution is 0.111. The monoisotopic (exact) mass is 411 g/mol. The highest BCUT2D eigenvalue weighted by Crippen LogP contribution is 2.30. The van der Waals surface area contributed by atoms with Crippen molar-refractivity contribution in [1.29, 1.82) is 0 Å². The molecule has 0 spiro atoms. The van der Waals surface area contributed by atoms with E-state index in [4.69, 9.17) is 9.47 Å². The molecule has 0 atom stereocenters. The van der Waals surface area contributed by atoms with E-state index in [0.717, 1.165) is 42.4 Å². The fourth-order valence-corrected chi connectivity index (χ4v) is 3.92. The van der Waals surface area contributed by atoms with Crippen LogP contribution in [-0.4, -0.2) is 40.5 Å². The molecule has 0 bridgehead atoms. The maximum Gasteiger partial charge on any atom is 0.191 e. The van der Waals surface area contributed by atoms with Gasteiger partial charge in [-0.2, -0.15) is 0 Å². The van der Waals surface area contributed by atoms with Crippen molar-refractivity contribution in [3.8, 4) is 11.5 Å². The molecule has 0 unspecified atom stereocenters. The van der Waals surface area contributed by atoms with Crippen molar-refractivity contribution < 1.29 is 14.3 Å². The second-order valence-corrected chi connectivity index (χ2v) is 7.41. The van der Waals surface area contributed by atoms with Crippen molar-refractivity contribution >= 4 is 18.0 Å². The molecule has 1 heterocycles. The summed E-state index contributed by atoms with van der Waals surface area (Å²) in [6, 6.07) is 15.6. The van der Waals surface area contributed by atoms with E-state index in [2.05, 4.69) is 33.8 Å². The fraction of sp³-hybridized carbons (Fsp3) is 0.318. The summed E-state index contributed by atoms with van der Waals surface area (Å²) in [5, 5.41) is 9.66. The maximum atomic E-state index is 11.2. The number of carbonyl (C=O) groups excluding carboxylic acids is 1. The van der Waals surface area contributed by atoms with Gasteiger partial charge < -0.3 is 14.0 Å². The lowest BCUT2D eigenvalue weighted by Gasteiger charge is -2.12. The number of methoxy groups -OCH3 is 1. The molecule has 29 heavy (non-hydrogen) atoms. The number of aldehydes is 1. The Hall–Kier alpha value is -2.80. The molecule has 0 N–H and O–H groups in total. The molecule has 0 saturated carbocycles. The number of benzene rings is 2. The van der Waals surface area contributed by atoms with Gasteiger partial charge in [0.1, 0.15) is 5.82 Å². The van der Waals surface area contributed by atoms with E-state index in [1.807, 2.05) is 18.2 Å². The maximum absolute atomic E-state index is 11.2. The quantitative estimate of drug-likeness (QED) is 0.267. The van der Waals surface area contributed by atoms with E-state index >= 15 is 0 Å². The third kappa shape index (κ3) is 5.38. The van der Waals surface area contributed by atoms with Crippen LogP contribution in [0.1, 0.15) is 35.1 Å². The summed E-state index contributed by atoms with van der Waals surface area (Å²) >= 11 is 1.67. The topological polar surface area (TPSA) is 66.2 Å². The van der Waals surface area contributed by atoms with Crippen LogP contribution >= 0.6 is 11.8 Å². The minimum Gasteiger partial charge on any atom is -0.493 e. The molecule has 7 heteroatoms. The first kappa shape index (κ1) is 20.9. The Balaban J connectivity index is 1.53. The number of nitrogens with zero attached hydrogens (tertiary/aromatic N) is 3. The smallest absolute Gasteiger partial charge is 0.191 e. The number of carbonyl (C=O) groups is 1. The molecule has 0 aliphatic carbocycles. The third-order valence-corrected chi connectivity index (χ3v) is 5.49. The Kier molecular flexibility index (Phi) is 7.69. The molecule has 0 amide bonds. The Morgan fingerprint density at radius 2 is 1.93 bits per heavy atom. The number of thioether (sulfide) groups is 1. The zero-order chi connectivity index (χ0) is 20.5. The molecule has 1 aromatic heterocycles. The Labute approximate surface area is 175 Å². The van der Waals surface area contributed by atoms with Gasteiger partial charge in [-0.05, 0) is 31.0 Å². The summed E-state index contributed by atoms with van der Waals surface area (Å²) in [5.74, 6) is 2.88. The van der Waals surface area contributed by atoms with Gasteiger partial charge in [0, 0.05) is 18.7 Å². The van der Waals surface area contributed by atoms with Crippen LogP contribution < -0.4 is 9.47 Å². The van der Waals surface area contributed by atoms with Crippen molar-refractivity contribution in [3.05, 3.63) is 65.5 Å². The van der Waals surface area contributed by atoms with E-state index in [-0.39, 0.29) is 0 Å². The van der Waals surface area contributed by atoms with Gasteiger partial charge in [0.2, 0.25) is 0 Å². The van der Waals surface area contributed by atoms with Gasteiger partial charge in [0.25, 0.3) is 0 Å². The van der Waals surface area contributed by atoms with Gasteiger partial charge in [-0.1, -0.05) is 48.2 Å². The highest BCUT2D eigenvalue weighted by Gasteiger charge is 2.13. The zero-order valence-electron chi connectivity index (χ0n) is 16.7. The summed E-state index contributed by atoms with van der Waals surface area (Å²) < 4.78 is 13.3. The molecule has 0 fully saturated rings. The highest BCUT2D eigenvalue weighted by molar-refractivity contribution is 7.99. The average molecular weight is 412 g/mol. The van der Waals surface area contributed by atoms with Crippen molar-refractivity contribution in [2.45, 2.75) is 31.5 Å². The van der Waals surface area contributed by atoms with Crippen molar-refractivity contribution in [1.82, 2.24) is 14.8 Å². The van der Waals surface area contributed by atoms with Crippen molar-refractivity contribution in [2.75, 3.05) is 19.5 Å². The number of para-hydroxylation sites is 1. The minimum atomic E-state index is 0.491. The van der Waals surface area contributed by atoms with Crippen LogP contribution in [0.4, 0.5) is 0 Å². The van der Waals surface area contributed by atoms with Gasteiger partial charge in [0.05, 0.1) is 19.3 Å². The molecule has 0 saturated heterocycles.